The number of hydrogen-bond acceptors (Lipinski definition) is 6. The summed E-state index contributed by atoms with van der Waals surface area (Å²) in [5.74, 6) is 0.378. The summed E-state index contributed by atoms with van der Waals surface area (Å²) in [7, 11) is 0. The first kappa shape index (κ1) is 20.3. The first-order valence-corrected chi connectivity index (χ1v) is 8.97. The van der Waals surface area contributed by atoms with Crippen LogP contribution in [0.15, 0.2) is 81.0 Å². The van der Waals surface area contributed by atoms with Crippen molar-refractivity contribution in [2.24, 2.45) is 4.99 Å². The van der Waals surface area contributed by atoms with Gasteiger partial charge >= 0.3 is 0 Å². The second kappa shape index (κ2) is 9.16. The van der Waals surface area contributed by atoms with Crippen LogP contribution < -0.4 is 10.5 Å². The number of nitrogens with two attached hydrogens (primary N) is 1. The maximum absolute atomic E-state index is 14.0. The van der Waals surface area contributed by atoms with Gasteiger partial charge in [-0.3, -0.25) is 0 Å². The molecule has 3 aromatic rings. The zero-order chi connectivity index (χ0) is 20.8. The molecule has 3 rings (SSSR count). The van der Waals surface area contributed by atoms with Gasteiger partial charge in [0.1, 0.15) is 11.6 Å². The Bertz CT molecular complexity index is 1070. The van der Waals surface area contributed by atoms with Gasteiger partial charge in [-0.25, -0.2) is 14.4 Å². The second-order valence-corrected chi connectivity index (χ2v) is 6.68. The standard InChI is InChI=1S/C21H18ClFN4O2/c1-13(22)10-18(23)21(25-2)28-16-7-5-14(6-8-16)11-15-12-19(29-27-15)17-4-3-9-26-20(17)24/h3-10,12H,2,11H2,1H3,(H2,24,26)/b13-10+,21-18-. The highest BCUT2D eigenvalue weighted by Crippen LogP contribution is 2.26. The number of rotatable bonds is 7. The number of ether oxygens (including phenoxy) is 1. The number of benzene rings is 1. The fourth-order valence-electron chi connectivity index (χ4n) is 2.54. The molecule has 1 aromatic carbocycles. The molecule has 0 atom stereocenters. The van der Waals surface area contributed by atoms with E-state index in [-0.39, 0.29) is 10.9 Å². The number of nitrogens with zero attached hydrogens (tertiary/aromatic N) is 3. The second-order valence-electron chi connectivity index (χ2n) is 6.08. The minimum absolute atomic E-state index is 0.257. The van der Waals surface area contributed by atoms with Gasteiger partial charge in [-0.2, -0.15) is 0 Å². The van der Waals surface area contributed by atoms with E-state index in [4.69, 9.17) is 26.6 Å². The van der Waals surface area contributed by atoms with E-state index in [0.717, 1.165) is 17.3 Å². The first-order valence-electron chi connectivity index (χ1n) is 8.60. The van der Waals surface area contributed by atoms with Crippen LogP contribution in [0.2, 0.25) is 0 Å². The molecule has 0 fully saturated rings. The predicted octanol–water partition coefficient (Wildman–Crippen LogP) is 5.27. The number of pyridine rings is 1. The van der Waals surface area contributed by atoms with Crippen LogP contribution in [0.1, 0.15) is 18.2 Å². The quantitative estimate of drug-likeness (QED) is 0.324. The largest absolute Gasteiger partial charge is 0.437 e. The molecule has 0 amide bonds. The number of halogens is 2. The van der Waals surface area contributed by atoms with Crippen molar-refractivity contribution in [1.29, 1.82) is 0 Å². The third kappa shape index (κ3) is 5.30. The van der Waals surface area contributed by atoms with Crippen molar-refractivity contribution in [3.63, 3.8) is 0 Å². The van der Waals surface area contributed by atoms with Crippen LogP contribution in [0.4, 0.5) is 10.2 Å². The van der Waals surface area contributed by atoms with E-state index < -0.39 is 5.83 Å². The van der Waals surface area contributed by atoms with E-state index >= 15 is 0 Å². The van der Waals surface area contributed by atoms with Crippen molar-refractivity contribution < 1.29 is 13.7 Å². The van der Waals surface area contributed by atoms with Crippen LogP contribution in [0.3, 0.4) is 0 Å². The molecule has 2 N–H and O–H groups in total. The van der Waals surface area contributed by atoms with Gasteiger partial charge in [0.2, 0.25) is 0 Å². The van der Waals surface area contributed by atoms with Gasteiger partial charge in [-0.05, 0) is 49.5 Å². The van der Waals surface area contributed by atoms with Crippen molar-refractivity contribution in [1.82, 2.24) is 10.1 Å². The Hall–Kier alpha value is -3.45. The van der Waals surface area contributed by atoms with E-state index in [0.29, 0.717) is 29.3 Å². The number of hydrogen-bond donors (Lipinski definition) is 1. The van der Waals surface area contributed by atoms with Gasteiger partial charge in [0.15, 0.2) is 11.6 Å². The highest BCUT2D eigenvalue weighted by Gasteiger charge is 2.11. The average Bonchev–Trinajstić information content (AvgIpc) is 3.15. The van der Waals surface area contributed by atoms with Crippen LogP contribution in [-0.4, -0.2) is 16.9 Å². The van der Waals surface area contributed by atoms with Gasteiger partial charge in [-0.1, -0.05) is 28.9 Å². The molecule has 6 nitrogen and oxygen atoms in total. The maximum atomic E-state index is 14.0. The molecule has 148 valence electrons. The van der Waals surface area contributed by atoms with Gasteiger partial charge in [0.25, 0.3) is 5.88 Å². The SMILES string of the molecule is C=N/C(Oc1ccc(Cc2cc(-c3cccnc3N)on2)cc1)=C(F)\C=C(/C)Cl. The Kier molecular flexibility index (Phi) is 6.41. The van der Waals surface area contributed by atoms with Crippen LogP contribution in [0.25, 0.3) is 11.3 Å². The molecule has 0 saturated heterocycles. The van der Waals surface area contributed by atoms with E-state index in [1.54, 1.807) is 31.3 Å². The number of allylic oxidation sites excluding steroid dienone is 3. The molecule has 2 heterocycles. The third-order valence-corrected chi connectivity index (χ3v) is 3.97. The molecule has 0 saturated carbocycles. The normalized spacial score (nSPS) is 12.4. The monoisotopic (exact) mass is 412 g/mol. The molecular formula is C21H18ClFN4O2. The highest BCUT2D eigenvalue weighted by atomic mass is 35.5. The van der Waals surface area contributed by atoms with Crippen molar-refractivity contribution in [2.75, 3.05) is 5.73 Å². The molecule has 0 spiro atoms. The zero-order valence-corrected chi connectivity index (χ0v) is 16.4. The summed E-state index contributed by atoms with van der Waals surface area (Å²) in [4.78, 5) is 7.60. The van der Waals surface area contributed by atoms with E-state index in [9.17, 15) is 4.39 Å². The lowest BCUT2D eigenvalue weighted by atomic mass is 10.1. The first-order chi connectivity index (χ1) is 14.0. The minimum atomic E-state index is -0.707. The Morgan fingerprint density at radius 2 is 2.10 bits per heavy atom. The summed E-state index contributed by atoms with van der Waals surface area (Å²) in [5, 5.41) is 4.34. The Balaban J connectivity index is 1.71. The average molecular weight is 413 g/mol. The molecule has 0 aliphatic carbocycles. The topological polar surface area (TPSA) is 86.5 Å². The van der Waals surface area contributed by atoms with Crippen molar-refractivity contribution in [3.05, 3.63) is 82.7 Å². The van der Waals surface area contributed by atoms with Gasteiger partial charge in [0, 0.05) is 23.7 Å². The number of aliphatic imine (C=N–C) groups is 1. The number of aromatic nitrogens is 2. The van der Waals surface area contributed by atoms with Gasteiger partial charge in [-0.15, -0.1) is 0 Å². The molecule has 29 heavy (non-hydrogen) atoms. The van der Waals surface area contributed by atoms with Crippen LogP contribution in [0.5, 0.6) is 5.75 Å². The highest BCUT2D eigenvalue weighted by molar-refractivity contribution is 6.29. The fraction of sp³-hybridized carbons (Fsp3) is 0.0952. The third-order valence-electron chi connectivity index (χ3n) is 3.86. The predicted molar refractivity (Wildman–Crippen MR) is 111 cm³/mol. The Labute approximate surface area is 172 Å². The summed E-state index contributed by atoms with van der Waals surface area (Å²) in [6.07, 6.45) is 3.26. The van der Waals surface area contributed by atoms with Crippen LogP contribution >= 0.6 is 11.6 Å². The van der Waals surface area contributed by atoms with Crippen LogP contribution in [-0.2, 0) is 6.42 Å². The summed E-state index contributed by atoms with van der Waals surface area (Å²) < 4.78 is 24.8. The molecule has 0 radical (unpaired) electrons. The lowest BCUT2D eigenvalue weighted by Crippen LogP contribution is -1.95. The van der Waals surface area contributed by atoms with Gasteiger partial charge in [0.05, 0.1) is 11.3 Å². The summed E-state index contributed by atoms with van der Waals surface area (Å²) in [6, 6.07) is 12.5. The molecule has 8 heteroatoms. The molecule has 2 aromatic heterocycles. The van der Waals surface area contributed by atoms with Crippen molar-refractivity contribution in [2.45, 2.75) is 13.3 Å². The zero-order valence-electron chi connectivity index (χ0n) is 15.6. The lowest BCUT2D eigenvalue weighted by Gasteiger charge is -2.06. The molecule has 0 aliphatic rings. The Morgan fingerprint density at radius 3 is 2.76 bits per heavy atom. The lowest BCUT2D eigenvalue weighted by molar-refractivity contribution is 0.397. The van der Waals surface area contributed by atoms with Gasteiger partial charge < -0.3 is 15.0 Å². The summed E-state index contributed by atoms with van der Waals surface area (Å²) in [5.41, 5.74) is 8.25. The molecule has 0 bridgehead atoms. The summed E-state index contributed by atoms with van der Waals surface area (Å²) >= 11 is 5.67. The maximum Gasteiger partial charge on any atom is 0.255 e. The van der Waals surface area contributed by atoms with E-state index in [1.807, 2.05) is 24.3 Å². The van der Waals surface area contributed by atoms with Crippen molar-refractivity contribution >= 4 is 24.1 Å². The van der Waals surface area contributed by atoms with E-state index in [2.05, 4.69) is 21.9 Å². The Morgan fingerprint density at radius 1 is 1.34 bits per heavy atom. The van der Waals surface area contributed by atoms with E-state index in [1.165, 1.54) is 0 Å². The van der Waals surface area contributed by atoms with Crippen molar-refractivity contribution in [3.8, 4) is 17.1 Å². The minimum Gasteiger partial charge on any atom is -0.437 e. The number of nitrogen functional groups attached to an aromatic ring is 1. The molecule has 0 aliphatic heterocycles. The number of anilines is 1. The fourth-order valence-corrected chi connectivity index (χ4v) is 2.63. The molecular weight excluding hydrogens is 395 g/mol. The molecule has 0 unspecified atom stereocenters. The smallest absolute Gasteiger partial charge is 0.255 e. The van der Waals surface area contributed by atoms with Crippen LogP contribution in [0, 0.1) is 0 Å². The summed E-state index contributed by atoms with van der Waals surface area (Å²) in [6.45, 7) is 4.87.